The first-order chi connectivity index (χ1) is 13.8. The summed E-state index contributed by atoms with van der Waals surface area (Å²) in [6.45, 7) is 3.89. The van der Waals surface area contributed by atoms with Gasteiger partial charge in [-0.3, -0.25) is 30.6 Å². The molecule has 0 radical (unpaired) electrons. The average molecular weight is 397 g/mol. The van der Waals surface area contributed by atoms with Gasteiger partial charge in [0.1, 0.15) is 5.69 Å². The van der Waals surface area contributed by atoms with E-state index in [-0.39, 0.29) is 23.8 Å². The lowest BCUT2D eigenvalue weighted by Crippen LogP contribution is -2.44. The smallest absolute Gasteiger partial charge is 0.293 e. The van der Waals surface area contributed by atoms with Crippen LogP contribution < -0.4 is 21.5 Å². The van der Waals surface area contributed by atoms with Gasteiger partial charge in [-0.2, -0.15) is 0 Å². The van der Waals surface area contributed by atoms with Crippen molar-refractivity contribution in [3.8, 4) is 0 Å². The third-order valence-corrected chi connectivity index (χ3v) is 4.53. The summed E-state index contributed by atoms with van der Waals surface area (Å²) < 4.78 is 0. The van der Waals surface area contributed by atoms with Crippen molar-refractivity contribution in [1.82, 2.24) is 10.9 Å². The summed E-state index contributed by atoms with van der Waals surface area (Å²) in [7, 11) is 0. The van der Waals surface area contributed by atoms with Crippen LogP contribution in [0, 0.1) is 24.0 Å². The minimum Gasteiger partial charge on any atom is -0.377 e. The number of nitrogens with zero attached hydrogens (tertiary/aromatic N) is 1. The third-order valence-electron chi connectivity index (χ3n) is 4.53. The lowest BCUT2D eigenvalue weighted by atomic mass is 10.1. The number of carbonyl (C=O) groups is 2. The molecule has 0 bridgehead atoms. The Hall–Kier alpha value is -3.62. The van der Waals surface area contributed by atoms with Crippen LogP contribution >= 0.6 is 0 Å². The van der Waals surface area contributed by atoms with Crippen molar-refractivity contribution in [3.63, 3.8) is 0 Å². The highest BCUT2D eigenvalue weighted by molar-refractivity contribution is 5.97. The van der Waals surface area contributed by atoms with Gasteiger partial charge >= 0.3 is 0 Å². The van der Waals surface area contributed by atoms with Crippen LogP contribution in [-0.4, -0.2) is 29.3 Å². The van der Waals surface area contributed by atoms with Gasteiger partial charge < -0.3 is 10.6 Å². The van der Waals surface area contributed by atoms with Crippen molar-refractivity contribution in [2.24, 2.45) is 0 Å². The highest BCUT2D eigenvalue weighted by atomic mass is 16.6. The first-order valence-corrected chi connectivity index (χ1v) is 9.29. The number of nitro benzene ring substituents is 1. The molecule has 2 aromatic rings. The number of amides is 2. The Labute approximate surface area is 168 Å². The lowest BCUT2D eigenvalue weighted by molar-refractivity contribution is -0.384. The molecule has 29 heavy (non-hydrogen) atoms. The molecule has 0 atom stereocenters. The predicted molar refractivity (Wildman–Crippen MR) is 110 cm³/mol. The molecule has 0 unspecified atom stereocenters. The predicted octanol–water partition coefficient (Wildman–Crippen LogP) is 2.66. The lowest BCUT2D eigenvalue weighted by Gasteiger charge is -2.12. The molecule has 152 valence electrons. The van der Waals surface area contributed by atoms with Gasteiger partial charge in [0.2, 0.25) is 0 Å². The molecular weight excluding hydrogens is 374 g/mol. The molecule has 0 heterocycles. The van der Waals surface area contributed by atoms with E-state index in [2.05, 4.69) is 21.5 Å². The van der Waals surface area contributed by atoms with Gasteiger partial charge in [-0.05, 0) is 50.5 Å². The summed E-state index contributed by atoms with van der Waals surface area (Å²) in [6.07, 6.45) is 1.95. The van der Waals surface area contributed by atoms with Crippen LogP contribution in [0.5, 0.6) is 0 Å². The maximum atomic E-state index is 12.2. The van der Waals surface area contributed by atoms with Gasteiger partial charge in [0.05, 0.1) is 11.5 Å². The minimum atomic E-state index is -0.633. The maximum absolute atomic E-state index is 12.2. The van der Waals surface area contributed by atoms with Crippen LogP contribution in [0.15, 0.2) is 36.4 Å². The van der Waals surface area contributed by atoms with Crippen molar-refractivity contribution in [2.75, 3.05) is 17.2 Å². The van der Waals surface area contributed by atoms with Gasteiger partial charge in [-0.1, -0.05) is 17.7 Å². The number of benzene rings is 2. The molecule has 9 heteroatoms. The second-order valence-electron chi connectivity index (χ2n) is 7.08. The SMILES string of the molecule is Cc1ccc(NCC(=O)NNC(=O)c2ccc(NC3CC3)c([N+](=O)[O-])c2)c(C)c1. The third kappa shape index (κ3) is 5.44. The highest BCUT2D eigenvalue weighted by Crippen LogP contribution is 2.31. The van der Waals surface area contributed by atoms with E-state index in [1.807, 2.05) is 32.0 Å². The summed E-state index contributed by atoms with van der Waals surface area (Å²) in [6, 6.07) is 10.2. The molecule has 2 aromatic carbocycles. The summed E-state index contributed by atoms with van der Waals surface area (Å²) in [5, 5.41) is 17.4. The first-order valence-electron chi connectivity index (χ1n) is 9.29. The molecule has 0 saturated heterocycles. The molecule has 0 aromatic heterocycles. The molecule has 0 aliphatic heterocycles. The van der Waals surface area contributed by atoms with E-state index in [9.17, 15) is 19.7 Å². The number of hydrazine groups is 1. The summed E-state index contributed by atoms with van der Waals surface area (Å²) in [5.74, 6) is -1.08. The monoisotopic (exact) mass is 397 g/mol. The quantitative estimate of drug-likeness (QED) is 0.420. The zero-order valence-electron chi connectivity index (χ0n) is 16.2. The van der Waals surface area contributed by atoms with Gasteiger partial charge in [0.25, 0.3) is 17.5 Å². The van der Waals surface area contributed by atoms with Gasteiger partial charge in [0.15, 0.2) is 0 Å². The van der Waals surface area contributed by atoms with Gasteiger partial charge in [0, 0.05) is 23.4 Å². The Balaban J connectivity index is 1.54. The molecular formula is C20H23N5O4. The summed E-state index contributed by atoms with van der Waals surface area (Å²) in [4.78, 5) is 35.0. The molecule has 3 rings (SSSR count). The molecule has 9 nitrogen and oxygen atoms in total. The maximum Gasteiger partial charge on any atom is 0.293 e. The van der Waals surface area contributed by atoms with Crippen molar-refractivity contribution < 1.29 is 14.5 Å². The topological polar surface area (TPSA) is 125 Å². The molecule has 1 aliphatic carbocycles. The first kappa shape index (κ1) is 20.1. The fourth-order valence-electron chi connectivity index (χ4n) is 2.82. The van der Waals surface area contributed by atoms with Crippen LogP contribution in [0.4, 0.5) is 17.1 Å². The number of nitrogens with one attached hydrogen (secondary N) is 4. The Morgan fingerprint density at radius 3 is 2.45 bits per heavy atom. The fourth-order valence-corrected chi connectivity index (χ4v) is 2.82. The van der Waals surface area contributed by atoms with Crippen LogP contribution in [-0.2, 0) is 4.79 Å². The zero-order valence-corrected chi connectivity index (χ0v) is 16.2. The Morgan fingerprint density at radius 2 is 1.79 bits per heavy atom. The van der Waals surface area contributed by atoms with E-state index in [0.717, 1.165) is 29.7 Å². The minimum absolute atomic E-state index is 0.0332. The van der Waals surface area contributed by atoms with E-state index >= 15 is 0 Å². The number of carbonyl (C=O) groups excluding carboxylic acids is 2. The average Bonchev–Trinajstić information content (AvgIpc) is 3.49. The fraction of sp³-hybridized carbons (Fsp3) is 0.300. The Kier molecular flexibility index (Phi) is 5.96. The van der Waals surface area contributed by atoms with Crippen molar-refractivity contribution in [1.29, 1.82) is 0 Å². The molecule has 2 amide bonds. The number of anilines is 2. The number of hydrogen-bond acceptors (Lipinski definition) is 6. The number of hydrogen-bond donors (Lipinski definition) is 4. The van der Waals surface area contributed by atoms with Crippen LogP contribution in [0.25, 0.3) is 0 Å². The van der Waals surface area contributed by atoms with E-state index in [1.165, 1.54) is 18.2 Å². The van der Waals surface area contributed by atoms with Crippen molar-refractivity contribution in [2.45, 2.75) is 32.7 Å². The van der Waals surface area contributed by atoms with E-state index < -0.39 is 16.7 Å². The number of aryl methyl sites for hydroxylation is 2. The Morgan fingerprint density at radius 1 is 1.07 bits per heavy atom. The van der Waals surface area contributed by atoms with Crippen molar-refractivity contribution >= 4 is 28.9 Å². The standard InChI is InChI=1S/C20H23N5O4/c1-12-3-7-16(13(2)9-12)21-11-19(26)23-24-20(27)14-4-8-17(22-15-5-6-15)18(10-14)25(28)29/h3-4,7-10,15,21-22H,5-6,11H2,1-2H3,(H,23,26)(H,24,27). The van der Waals surface area contributed by atoms with Gasteiger partial charge in [-0.25, -0.2) is 0 Å². The summed E-state index contributed by atoms with van der Waals surface area (Å²) in [5.41, 5.74) is 7.83. The van der Waals surface area contributed by atoms with Crippen LogP contribution in [0.1, 0.15) is 34.3 Å². The normalized spacial score (nSPS) is 12.8. The second kappa shape index (κ2) is 8.59. The van der Waals surface area contributed by atoms with Crippen LogP contribution in [0.3, 0.4) is 0 Å². The van der Waals surface area contributed by atoms with E-state index in [4.69, 9.17) is 0 Å². The molecule has 0 spiro atoms. The largest absolute Gasteiger partial charge is 0.377 e. The number of nitro groups is 1. The van der Waals surface area contributed by atoms with Gasteiger partial charge in [-0.15, -0.1) is 0 Å². The summed E-state index contributed by atoms with van der Waals surface area (Å²) >= 11 is 0. The molecule has 1 saturated carbocycles. The second-order valence-corrected chi connectivity index (χ2v) is 7.08. The molecule has 1 aliphatic rings. The van der Waals surface area contributed by atoms with Crippen molar-refractivity contribution in [3.05, 3.63) is 63.2 Å². The van der Waals surface area contributed by atoms with E-state index in [1.54, 1.807) is 0 Å². The Bertz CT molecular complexity index is 956. The van der Waals surface area contributed by atoms with E-state index in [0.29, 0.717) is 5.69 Å². The molecule has 4 N–H and O–H groups in total. The zero-order chi connectivity index (χ0) is 21.0. The van der Waals surface area contributed by atoms with Crippen LogP contribution in [0.2, 0.25) is 0 Å². The molecule has 1 fully saturated rings. The highest BCUT2D eigenvalue weighted by Gasteiger charge is 2.25. The number of rotatable bonds is 7.